The molecule has 21 heavy (non-hydrogen) atoms. The lowest BCUT2D eigenvalue weighted by Gasteiger charge is -2.00. The molecule has 1 N–H and O–H groups in total. The minimum Gasteiger partial charge on any atom is -0.466 e. The van der Waals surface area contributed by atoms with E-state index in [9.17, 15) is 4.79 Å². The van der Waals surface area contributed by atoms with Crippen LogP contribution in [0.15, 0.2) is 17.5 Å². The molecule has 2 aromatic rings. The van der Waals surface area contributed by atoms with Gasteiger partial charge in [0.15, 0.2) is 5.13 Å². The molecule has 0 aromatic carbocycles. The van der Waals surface area contributed by atoms with Crippen molar-refractivity contribution in [3.63, 3.8) is 0 Å². The molecule has 7 heteroatoms. The molecule has 114 valence electrons. The zero-order valence-corrected chi connectivity index (χ0v) is 13.8. The summed E-state index contributed by atoms with van der Waals surface area (Å²) < 4.78 is 4.98. The first-order valence-electron chi connectivity index (χ1n) is 6.42. The van der Waals surface area contributed by atoms with Crippen molar-refractivity contribution in [3.8, 4) is 10.6 Å². The fourth-order valence-corrected chi connectivity index (χ4v) is 3.25. The molecule has 2 rings (SSSR count). The number of aromatic nitrogens is 1. The first-order valence-corrected chi connectivity index (χ1v) is 8.12. The molecule has 0 saturated carbocycles. The molecule has 0 aliphatic rings. The third kappa shape index (κ3) is 5.28. The Kier molecular flexibility index (Phi) is 7.63. The van der Waals surface area contributed by atoms with Gasteiger partial charge >= 0.3 is 5.97 Å². The van der Waals surface area contributed by atoms with E-state index < -0.39 is 0 Å². The highest BCUT2D eigenvalue weighted by molar-refractivity contribution is 7.17. The minimum atomic E-state index is -0.207. The molecular weight excluding hydrogens is 308 g/mol. The van der Waals surface area contributed by atoms with E-state index >= 15 is 0 Å². The van der Waals surface area contributed by atoms with Crippen LogP contribution in [0.1, 0.15) is 18.7 Å². The smallest absolute Gasteiger partial charge is 0.311 e. The lowest BCUT2D eigenvalue weighted by molar-refractivity contribution is -0.142. The summed E-state index contributed by atoms with van der Waals surface area (Å²) in [7, 11) is 1.82. The van der Waals surface area contributed by atoms with Gasteiger partial charge in [0.05, 0.1) is 23.6 Å². The van der Waals surface area contributed by atoms with Crippen LogP contribution in [0, 0.1) is 0 Å². The summed E-state index contributed by atoms with van der Waals surface area (Å²) in [6, 6.07) is 3.99. The predicted molar refractivity (Wildman–Crippen MR) is 87.0 cm³/mol. The quantitative estimate of drug-likeness (QED) is 0.675. The number of nitrogens with one attached hydrogen (secondary N) is 1. The van der Waals surface area contributed by atoms with Crippen LogP contribution in [0.2, 0.25) is 0 Å². The van der Waals surface area contributed by atoms with Crippen molar-refractivity contribution >= 4 is 40.1 Å². The van der Waals surface area contributed by atoms with Crippen molar-refractivity contribution < 1.29 is 14.3 Å². The van der Waals surface area contributed by atoms with Gasteiger partial charge in [0.25, 0.3) is 0 Å². The van der Waals surface area contributed by atoms with Crippen molar-refractivity contribution in [2.24, 2.45) is 0 Å². The zero-order valence-electron chi connectivity index (χ0n) is 12.2. The minimum absolute atomic E-state index is 0.207. The Hall–Kier alpha value is -1.73. The number of aldehydes is 1. The number of thiazole rings is 1. The average Bonchev–Trinajstić information content (AvgIpc) is 3.08. The van der Waals surface area contributed by atoms with Crippen LogP contribution < -0.4 is 5.32 Å². The largest absolute Gasteiger partial charge is 0.466 e. The van der Waals surface area contributed by atoms with E-state index in [1.165, 1.54) is 18.3 Å². The van der Waals surface area contributed by atoms with E-state index in [1.807, 2.05) is 31.5 Å². The van der Waals surface area contributed by atoms with Crippen molar-refractivity contribution in [1.29, 1.82) is 0 Å². The molecule has 0 amide bonds. The van der Waals surface area contributed by atoms with E-state index in [-0.39, 0.29) is 12.4 Å². The summed E-state index contributed by atoms with van der Waals surface area (Å²) in [5, 5.41) is 5.83. The normalized spacial score (nSPS) is 9.48. The number of carbonyl (C=O) groups is 2. The highest BCUT2D eigenvalue weighted by atomic mass is 32.1. The fourth-order valence-electron chi connectivity index (χ4n) is 1.53. The molecule has 0 fully saturated rings. The number of rotatable bonds is 5. The molecule has 0 spiro atoms. The molecule has 0 aliphatic heterocycles. The Balaban J connectivity index is 0.000000677. The van der Waals surface area contributed by atoms with Gasteiger partial charge in [-0.2, -0.15) is 0 Å². The Morgan fingerprint density at radius 2 is 2.24 bits per heavy atom. The van der Waals surface area contributed by atoms with Crippen LogP contribution in [0.5, 0.6) is 0 Å². The number of anilines is 1. The molecule has 0 unspecified atom stereocenters. The number of thiophene rings is 1. The number of ether oxygens (including phenoxy) is 1. The SMILES string of the molecule is CC=O.CCOC(=O)Cc1sc(NC)nc1-c1cccs1. The van der Waals surface area contributed by atoms with E-state index in [0.717, 1.165) is 26.9 Å². The molecule has 0 radical (unpaired) electrons. The Morgan fingerprint density at radius 3 is 2.76 bits per heavy atom. The number of nitrogens with zero attached hydrogens (tertiary/aromatic N) is 1. The van der Waals surface area contributed by atoms with Gasteiger partial charge in [-0.3, -0.25) is 4.79 Å². The second kappa shape index (κ2) is 9.25. The van der Waals surface area contributed by atoms with Gasteiger partial charge in [-0.05, 0) is 25.3 Å². The highest BCUT2D eigenvalue weighted by Crippen LogP contribution is 2.33. The molecule has 0 bridgehead atoms. The molecule has 0 aliphatic carbocycles. The molecule has 0 atom stereocenters. The lowest BCUT2D eigenvalue weighted by atomic mass is 10.2. The highest BCUT2D eigenvalue weighted by Gasteiger charge is 2.16. The van der Waals surface area contributed by atoms with E-state index in [1.54, 1.807) is 11.3 Å². The topological polar surface area (TPSA) is 68.3 Å². The standard InChI is InChI=1S/C12H14N2O2S2.C2H4O/c1-3-16-10(15)7-9-11(8-5-4-6-17-8)14-12(13-2)18-9;1-2-3/h4-6H,3,7H2,1-2H3,(H,13,14);2H,1H3. The Morgan fingerprint density at radius 1 is 1.52 bits per heavy atom. The summed E-state index contributed by atoms with van der Waals surface area (Å²) in [4.78, 5) is 26.9. The van der Waals surface area contributed by atoms with E-state index in [2.05, 4.69) is 10.3 Å². The van der Waals surface area contributed by atoms with Gasteiger partial charge in [-0.15, -0.1) is 22.7 Å². The van der Waals surface area contributed by atoms with Crippen molar-refractivity contribution in [2.45, 2.75) is 20.3 Å². The number of hydrogen-bond donors (Lipinski definition) is 1. The molecule has 5 nitrogen and oxygen atoms in total. The first kappa shape index (κ1) is 17.3. The Bertz CT molecular complexity index is 565. The number of carbonyl (C=O) groups excluding carboxylic acids is 2. The number of esters is 1. The monoisotopic (exact) mass is 326 g/mol. The van der Waals surface area contributed by atoms with Crippen LogP contribution in [0.3, 0.4) is 0 Å². The van der Waals surface area contributed by atoms with Crippen LogP contribution in [0.25, 0.3) is 10.6 Å². The molecular formula is C14H18N2O3S2. The van der Waals surface area contributed by atoms with E-state index in [0.29, 0.717) is 6.61 Å². The summed E-state index contributed by atoms with van der Waals surface area (Å²) in [5.74, 6) is -0.207. The summed E-state index contributed by atoms with van der Waals surface area (Å²) in [6.45, 7) is 3.66. The first-order chi connectivity index (χ1) is 10.2. The Labute approximate surface area is 132 Å². The van der Waals surface area contributed by atoms with Crippen LogP contribution >= 0.6 is 22.7 Å². The third-order valence-corrected chi connectivity index (χ3v) is 4.23. The molecule has 2 heterocycles. The maximum absolute atomic E-state index is 11.6. The predicted octanol–water partition coefficient (Wildman–Crippen LogP) is 3.22. The molecule has 0 saturated heterocycles. The second-order valence-corrected chi connectivity index (χ2v) is 5.77. The zero-order chi connectivity index (χ0) is 15.7. The van der Waals surface area contributed by atoms with Crippen molar-refractivity contribution in [2.75, 3.05) is 19.0 Å². The summed E-state index contributed by atoms with van der Waals surface area (Å²) in [6.07, 6.45) is 1.03. The maximum Gasteiger partial charge on any atom is 0.311 e. The third-order valence-electron chi connectivity index (χ3n) is 2.28. The van der Waals surface area contributed by atoms with Crippen molar-refractivity contribution in [1.82, 2.24) is 4.98 Å². The number of hydrogen-bond acceptors (Lipinski definition) is 7. The lowest BCUT2D eigenvalue weighted by Crippen LogP contribution is -2.06. The summed E-state index contributed by atoms with van der Waals surface area (Å²) >= 11 is 3.11. The van der Waals surface area contributed by atoms with Gasteiger partial charge < -0.3 is 14.8 Å². The van der Waals surface area contributed by atoms with Gasteiger partial charge in [-0.25, -0.2) is 4.98 Å². The van der Waals surface area contributed by atoms with Crippen LogP contribution in [0.4, 0.5) is 5.13 Å². The molecule has 2 aromatic heterocycles. The average molecular weight is 326 g/mol. The van der Waals surface area contributed by atoms with E-state index in [4.69, 9.17) is 9.53 Å². The maximum atomic E-state index is 11.6. The van der Waals surface area contributed by atoms with Gasteiger partial charge in [0.2, 0.25) is 0 Å². The van der Waals surface area contributed by atoms with Crippen molar-refractivity contribution in [3.05, 3.63) is 22.4 Å². The van der Waals surface area contributed by atoms with Gasteiger partial charge in [-0.1, -0.05) is 6.07 Å². The second-order valence-electron chi connectivity index (χ2n) is 3.74. The summed E-state index contributed by atoms with van der Waals surface area (Å²) in [5.41, 5.74) is 0.882. The van der Waals surface area contributed by atoms with Gasteiger partial charge in [0.1, 0.15) is 6.29 Å². The van der Waals surface area contributed by atoms with Crippen LogP contribution in [-0.4, -0.2) is 30.9 Å². The van der Waals surface area contributed by atoms with Gasteiger partial charge in [0, 0.05) is 11.9 Å². The fraction of sp³-hybridized carbons (Fsp3) is 0.357. The van der Waals surface area contributed by atoms with Crippen LogP contribution in [-0.2, 0) is 20.7 Å².